The molecule has 0 bridgehead atoms. The van der Waals surface area contributed by atoms with Crippen LogP contribution in [0.1, 0.15) is 46.9 Å². The Kier molecular flexibility index (Phi) is 7.99. The molecule has 0 radical (unpaired) electrons. The molecule has 31 heavy (non-hydrogen) atoms. The highest BCUT2D eigenvalue weighted by Crippen LogP contribution is 2.31. The Morgan fingerprint density at radius 3 is 2.32 bits per heavy atom. The maximum Gasteiger partial charge on any atom is 0.332 e. The Hall–Kier alpha value is -2.69. The van der Waals surface area contributed by atoms with E-state index in [1.54, 1.807) is 0 Å². The molecular formula is C20H30N6O4S. The van der Waals surface area contributed by atoms with Gasteiger partial charge < -0.3 is 5.73 Å². The van der Waals surface area contributed by atoms with Crippen molar-refractivity contribution < 1.29 is 9.59 Å². The van der Waals surface area contributed by atoms with Crippen molar-refractivity contribution in [2.45, 2.75) is 64.3 Å². The quantitative estimate of drug-likeness (QED) is 0.457. The van der Waals surface area contributed by atoms with E-state index in [2.05, 4.69) is 15.3 Å². The van der Waals surface area contributed by atoms with Gasteiger partial charge in [-0.25, -0.2) is 19.6 Å². The molecule has 2 aromatic heterocycles. The maximum absolute atomic E-state index is 13.0. The number of thioether (sulfide) groups is 1. The highest BCUT2D eigenvalue weighted by Gasteiger charge is 2.28. The number of urea groups is 1. The summed E-state index contributed by atoms with van der Waals surface area (Å²) in [7, 11) is 1.41. The summed E-state index contributed by atoms with van der Waals surface area (Å²) in [6.45, 7) is 9.99. The molecule has 3 N–H and O–H groups in total. The second kappa shape index (κ2) is 10.1. The first kappa shape index (κ1) is 24.6. The van der Waals surface area contributed by atoms with Crippen LogP contribution >= 0.6 is 11.8 Å². The first-order chi connectivity index (χ1) is 14.5. The van der Waals surface area contributed by atoms with Gasteiger partial charge in [-0.15, -0.1) is 0 Å². The largest absolute Gasteiger partial charge is 0.351 e. The van der Waals surface area contributed by atoms with E-state index in [0.29, 0.717) is 30.2 Å². The lowest BCUT2D eigenvalue weighted by molar-refractivity contribution is -0.120. The number of aryl methyl sites for hydroxylation is 1. The molecule has 11 heteroatoms. The summed E-state index contributed by atoms with van der Waals surface area (Å²) in [6.07, 6.45) is 1.22. The fourth-order valence-corrected chi connectivity index (χ4v) is 4.29. The van der Waals surface area contributed by atoms with Gasteiger partial charge in [-0.05, 0) is 18.3 Å². The third-order valence-electron chi connectivity index (χ3n) is 4.58. The number of carbonyl (C=O) groups excluding carboxylic acids is 2. The summed E-state index contributed by atoms with van der Waals surface area (Å²) >= 11 is 1.07. The van der Waals surface area contributed by atoms with Crippen LogP contribution in [0.5, 0.6) is 0 Å². The minimum Gasteiger partial charge on any atom is -0.351 e. The smallest absolute Gasteiger partial charge is 0.332 e. The van der Waals surface area contributed by atoms with Crippen LogP contribution in [0.15, 0.2) is 14.6 Å². The van der Waals surface area contributed by atoms with Gasteiger partial charge in [-0.2, -0.15) is 0 Å². The van der Waals surface area contributed by atoms with E-state index in [0.717, 1.165) is 16.3 Å². The molecule has 0 unspecified atom stereocenters. The molecule has 2 aromatic rings. The molecule has 3 amide bonds. The molecule has 0 spiro atoms. The zero-order valence-electron chi connectivity index (χ0n) is 18.8. The van der Waals surface area contributed by atoms with Crippen molar-refractivity contribution in [1.29, 1.82) is 0 Å². The van der Waals surface area contributed by atoms with Gasteiger partial charge >= 0.3 is 11.7 Å². The van der Waals surface area contributed by atoms with E-state index in [9.17, 15) is 19.2 Å². The van der Waals surface area contributed by atoms with Crippen molar-refractivity contribution in [3.05, 3.63) is 26.7 Å². The molecule has 0 saturated heterocycles. The molecule has 0 aliphatic rings. The molecule has 0 aliphatic heterocycles. The van der Waals surface area contributed by atoms with Crippen LogP contribution in [0.25, 0.3) is 11.0 Å². The molecule has 2 heterocycles. The van der Waals surface area contributed by atoms with Gasteiger partial charge in [0.2, 0.25) is 5.91 Å². The maximum atomic E-state index is 13.0. The lowest BCUT2D eigenvalue weighted by atomic mass is 10.1. The van der Waals surface area contributed by atoms with Crippen molar-refractivity contribution >= 4 is 34.7 Å². The number of primary amides is 1. The fraction of sp³-hybridized carbons (Fsp3) is 0.600. The number of imide groups is 1. The fourth-order valence-electron chi connectivity index (χ4n) is 3.15. The number of hydrogen-bond acceptors (Lipinski definition) is 7. The Bertz CT molecular complexity index is 1110. The topological polar surface area (TPSA) is 142 Å². The van der Waals surface area contributed by atoms with Gasteiger partial charge in [-0.3, -0.25) is 24.0 Å². The molecule has 170 valence electrons. The van der Waals surface area contributed by atoms with E-state index in [1.807, 2.05) is 34.6 Å². The second-order valence-corrected chi connectivity index (χ2v) is 9.31. The van der Waals surface area contributed by atoms with Gasteiger partial charge in [0.25, 0.3) is 5.56 Å². The number of nitrogens with zero attached hydrogens (tertiary/aromatic N) is 4. The summed E-state index contributed by atoms with van der Waals surface area (Å²) in [5, 5.41) is 1.87. The van der Waals surface area contributed by atoms with Gasteiger partial charge in [0, 0.05) is 20.0 Å². The summed E-state index contributed by atoms with van der Waals surface area (Å²) in [5.41, 5.74) is 4.40. The normalized spacial score (nSPS) is 12.5. The lowest BCUT2D eigenvalue weighted by Gasteiger charge is -2.20. The molecule has 1 atom stereocenters. The van der Waals surface area contributed by atoms with E-state index < -0.39 is 28.4 Å². The van der Waals surface area contributed by atoms with Crippen LogP contribution in [0.3, 0.4) is 0 Å². The highest BCUT2D eigenvalue weighted by atomic mass is 32.2. The summed E-state index contributed by atoms with van der Waals surface area (Å²) in [6, 6.07) is -0.947. The van der Waals surface area contributed by atoms with E-state index >= 15 is 0 Å². The number of carbonyl (C=O) groups is 2. The minimum absolute atomic E-state index is 0.186. The standard InChI is InChI=1S/C20H30N6O4S/c1-7-8-26-15-13(18(28)25(6)20(26)30)17(23-12(22-15)9-10(2)3)31-14(11(4)5)16(27)24-19(21)29/h10-11,14H,7-9H2,1-6H3,(H3,21,24,27,29)/t14-/m1/s1. The van der Waals surface area contributed by atoms with Crippen LogP contribution < -0.4 is 22.3 Å². The number of aromatic nitrogens is 4. The second-order valence-electron chi connectivity index (χ2n) is 8.18. The molecule has 0 aliphatic carbocycles. The highest BCUT2D eigenvalue weighted by molar-refractivity contribution is 8.00. The third-order valence-corrected chi connectivity index (χ3v) is 6.11. The van der Waals surface area contributed by atoms with Gasteiger partial charge in [-0.1, -0.05) is 46.4 Å². The third kappa shape index (κ3) is 5.52. The predicted octanol–water partition coefficient (Wildman–Crippen LogP) is 1.41. The predicted molar refractivity (Wildman–Crippen MR) is 120 cm³/mol. The van der Waals surface area contributed by atoms with E-state index in [1.165, 1.54) is 11.6 Å². The minimum atomic E-state index is -0.947. The number of nitrogens with two attached hydrogens (primary N) is 1. The SMILES string of the molecule is CCCn1c(=O)n(C)c(=O)c2c(S[C@@H](C(=O)NC(N)=O)C(C)C)nc(CC(C)C)nc21. The van der Waals surface area contributed by atoms with Crippen molar-refractivity contribution in [3.63, 3.8) is 0 Å². The van der Waals surface area contributed by atoms with Crippen molar-refractivity contribution in [3.8, 4) is 0 Å². The van der Waals surface area contributed by atoms with Crippen LogP contribution in [-0.2, 0) is 24.8 Å². The lowest BCUT2D eigenvalue weighted by Crippen LogP contribution is -2.42. The summed E-state index contributed by atoms with van der Waals surface area (Å²) in [5.74, 6) is -0.0238. The number of amides is 3. The zero-order valence-corrected chi connectivity index (χ0v) is 19.6. The van der Waals surface area contributed by atoms with Crippen LogP contribution in [0.4, 0.5) is 4.79 Å². The number of fused-ring (bicyclic) bond motifs is 1. The Balaban J connectivity index is 2.81. The average Bonchev–Trinajstić information content (AvgIpc) is 2.65. The number of nitrogens with one attached hydrogen (secondary N) is 1. The Labute approximate surface area is 184 Å². The first-order valence-corrected chi connectivity index (χ1v) is 11.1. The molecule has 2 rings (SSSR count). The monoisotopic (exact) mass is 450 g/mol. The number of hydrogen-bond donors (Lipinski definition) is 2. The van der Waals surface area contributed by atoms with Gasteiger partial charge in [0.1, 0.15) is 16.2 Å². The van der Waals surface area contributed by atoms with Gasteiger partial charge in [0.15, 0.2) is 5.65 Å². The Morgan fingerprint density at radius 2 is 1.81 bits per heavy atom. The number of rotatable bonds is 8. The molecular weight excluding hydrogens is 420 g/mol. The Morgan fingerprint density at radius 1 is 1.16 bits per heavy atom. The average molecular weight is 451 g/mol. The van der Waals surface area contributed by atoms with Crippen LogP contribution in [0, 0.1) is 11.8 Å². The van der Waals surface area contributed by atoms with E-state index in [-0.39, 0.29) is 22.9 Å². The zero-order chi connectivity index (χ0) is 23.5. The first-order valence-electron chi connectivity index (χ1n) is 10.2. The van der Waals surface area contributed by atoms with Crippen LogP contribution in [0.2, 0.25) is 0 Å². The van der Waals surface area contributed by atoms with Crippen molar-refractivity contribution in [2.75, 3.05) is 0 Å². The van der Waals surface area contributed by atoms with Crippen molar-refractivity contribution in [1.82, 2.24) is 24.4 Å². The molecule has 10 nitrogen and oxygen atoms in total. The van der Waals surface area contributed by atoms with Gasteiger partial charge in [0.05, 0.1) is 5.25 Å². The summed E-state index contributed by atoms with van der Waals surface area (Å²) in [4.78, 5) is 58.7. The molecule has 0 fully saturated rings. The summed E-state index contributed by atoms with van der Waals surface area (Å²) < 4.78 is 2.50. The van der Waals surface area contributed by atoms with Crippen LogP contribution in [-0.4, -0.2) is 36.3 Å². The molecule has 0 aromatic carbocycles. The van der Waals surface area contributed by atoms with Crippen molar-refractivity contribution in [2.24, 2.45) is 24.6 Å². The van der Waals surface area contributed by atoms with E-state index in [4.69, 9.17) is 5.73 Å². The molecule has 0 saturated carbocycles.